The molecular weight excluding hydrogens is 394 g/mol. The molecule has 0 aliphatic carbocycles. The van der Waals surface area contributed by atoms with Crippen molar-refractivity contribution in [1.82, 2.24) is 19.9 Å². The lowest BCUT2D eigenvalue weighted by Gasteiger charge is -2.08. The van der Waals surface area contributed by atoms with Crippen LogP contribution in [0.15, 0.2) is 60.7 Å². The molecule has 154 valence electrons. The van der Waals surface area contributed by atoms with E-state index in [4.69, 9.17) is 9.47 Å². The number of carbonyl (C=O) groups is 1. The van der Waals surface area contributed by atoms with Gasteiger partial charge in [-0.15, -0.1) is 0 Å². The Morgan fingerprint density at radius 1 is 0.871 bits per heavy atom. The number of para-hydroxylation sites is 3. The van der Waals surface area contributed by atoms with E-state index in [0.29, 0.717) is 34.4 Å². The third kappa shape index (κ3) is 3.33. The predicted molar refractivity (Wildman–Crippen MR) is 119 cm³/mol. The van der Waals surface area contributed by atoms with Gasteiger partial charge in [0.05, 0.1) is 36.3 Å². The number of benzene rings is 3. The van der Waals surface area contributed by atoms with E-state index in [0.717, 1.165) is 22.1 Å². The second-order valence-electron chi connectivity index (χ2n) is 6.91. The molecule has 31 heavy (non-hydrogen) atoms. The van der Waals surface area contributed by atoms with Crippen molar-refractivity contribution in [3.8, 4) is 22.9 Å². The van der Waals surface area contributed by atoms with Crippen molar-refractivity contribution in [1.29, 1.82) is 0 Å². The van der Waals surface area contributed by atoms with Crippen LogP contribution in [0.3, 0.4) is 0 Å². The van der Waals surface area contributed by atoms with Crippen LogP contribution in [0.5, 0.6) is 11.5 Å². The Morgan fingerprint density at radius 2 is 1.68 bits per heavy atom. The predicted octanol–water partition coefficient (Wildman–Crippen LogP) is 4.38. The highest BCUT2D eigenvalue weighted by Gasteiger charge is 2.17. The van der Waals surface area contributed by atoms with E-state index in [1.807, 2.05) is 54.6 Å². The molecule has 0 spiro atoms. The smallest absolute Gasteiger partial charge is 0.260 e. The highest BCUT2D eigenvalue weighted by molar-refractivity contribution is 6.11. The van der Waals surface area contributed by atoms with Gasteiger partial charge >= 0.3 is 0 Å². The first kappa shape index (κ1) is 18.7. The lowest BCUT2D eigenvalue weighted by atomic mass is 10.1. The summed E-state index contributed by atoms with van der Waals surface area (Å²) in [6, 6.07) is 18.6. The van der Waals surface area contributed by atoms with Crippen molar-refractivity contribution in [2.45, 2.75) is 0 Å². The lowest BCUT2D eigenvalue weighted by molar-refractivity contribution is 0.102. The van der Waals surface area contributed by atoms with Gasteiger partial charge in [-0.1, -0.05) is 18.2 Å². The normalized spacial score (nSPS) is 11.0. The van der Waals surface area contributed by atoms with Crippen LogP contribution in [0.1, 0.15) is 10.4 Å². The molecule has 8 nitrogen and oxygen atoms in total. The first-order valence-electron chi connectivity index (χ1n) is 9.63. The second kappa shape index (κ2) is 7.49. The number of aromatic amines is 2. The summed E-state index contributed by atoms with van der Waals surface area (Å²) < 4.78 is 10.7. The molecule has 0 aliphatic heterocycles. The number of methoxy groups -OCH3 is 2. The summed E-state index contributed by atoms with van der Waals surface area (Å²) in [7, 11) is 3.17. The number of hydrogen-bond acceptors (Lipinski definition) is 5. The molecule has 2 heterocycles. The topological polar surface area (TPSA) is 105 Å². The fourth-order valence-corrected chi connectivity index (χ4v) is 3.52. The molecule has 0 bridgehead atoms. The van der Waals surface area contributed by atoms with E-state index in [-0.39, 0.29) is 5.91 Å². The van der Waals surface area contributed by atoms with E-state index in [2.05, 4.69) is 25.3 Å². The van der Waals surface area contributed by atoms with E-state index in [1.165, 1.54) is 0 Å². The van der Waals surface area contributed by atoms with Crippen LogP contribution in [0.25, 0.3) is 33.5 Å². The number of carbonyl (C=O) groups excluding carboxylic acids is 1. The Balaban J connectivity index is 1.50. The number of H-pyrrole nitrogens is 2. The van der Waals surface area contributed by atoms with Crippen LogP contribution in [0.2, 0.25) is 0 Å². The second-order valence-corrected chi connectivity index (χ2v) is 6.91. The molecule has 8 heteroatoms. The molecule has 0 radical (unpaired) electrons. The van der Waals surface area contributed by atoms with E-state index in [9.17, 15) is 4.79 Å². The lowest BCUT2D eigenvalue weighted by Crippen LogP contribution is -2.13. The third-order valence-corrected chi connectivity index (χ3v) is 5.04. The molecule has 0 fully saturated rings. The van der Waals surface area contributed by atoms with Gasteiger partial charge in [-0.05, 0) is 42.5 Å². The Morgan fingerprint density at radius 3 is 2.48 bits per heavy atom. The maximum Gasteiger partial charge on any atom is 0.260 e. The minimum absolute atomic E-state index is 0.296. The average molecular weight is 413 g/mol. The van der Waals surface area contributed by atoms with Gasteiger partial charge in [0.1, 0.15) is 11.3 Å². The van der Waals surface area contributed by atoms with Crippen LogP contribution in [0.4, 0.5) is 5.95 Å². The molecule has 2 aromatic heterocycles. The number of fused-ring (bicyclic) bond motifs is 2. The number of imidazole rings is 2. The molecule has 5 aromatic rings. The minimum atomic E-state index is -0.296. The van der Waals surface area contributed by atoms with E-state index in [1.54, 1.807) is 20.3 Å². The Bertz CT molecular complexity index is 1390. The van der Waals surface area contributed by atoms with Gasteiger partial charge in [0.2, 0.25) is 5.95 Å². The first-order chi connectivity index (χ1) is 15.2. The summed E-state index contributed by atoms with van der Waals surface area (Å²) in [4.78, 5) is 28.4. The number of aromatic nitrogens is 4. The zero-order valence-electron chi connectivity index (χ0n) is 16.9. The average Bonchev–Trinajstić information content (AvgIpc) is 3.41. The first-order valence-corrected chi connectivity index (χ1v) is 9.63. The SMILES string of the molecule is COc1ccc(-c2nc3c(C(=O)Nc4nc5ccccc5[nH]4)cccc3[nH]2)cc1OC. The molecule has 3 aromatic carbocycles. The Hall–Kier alpha value is -4.33. The number of hydrogen-bond donors (Lipinski definition) is 3. The Kier molecular flexibility index (Phi) is 4.51. The van der Waals surface area contributed by atoms with Crippen LogP contribution in [-0.4, -0.2) is 40.1 Å². The van der Waals surface area contributed by atoms with Crippen LogP contribution in [-0.2, 0) is 0 Å². The Labute approximate surface area is 177 Å². The monoisotopic (exact) mass is 413 g/mol. The summed E-state index contributed by atoms with van der Waals surface area (Å²) >= 11 is 0. The number of nitrogens with one attached hydrogen (secondary N) is 3. The highest BCUT2D eigenvalue weighted by atomic mass is 16.5. The molecule has 5 rings (SSSR count). The fourth-order valence-electron chi connectivity index (χ4n) is 3.52. The standard InChI is InChI=1S/C23H19N5O3/c1-30-18-11-10-13(12-19(18)31-2)21-24-17-9-5-6-14(20(17)27-21)22(29)28-23-25-15-7-3-4-8-16(15)26-23/h3-12H,1-2H3,(H,24,27)(H2,25,26,28,29). The van der Waals surface area contributed by atoms with Crippen molar-refractivity contribution >= 4 is 33.9 Å². The molecular formula is C23H19N5O3. The van der Waals surface area contributed by atoms with Gasteiger partial charge in [0, 0.05) is 5.56 Å². The van der Waals surface area contributed by atoms with Crippen LogP contribution in [0, 0.1) is 0 Å². The summed E-state index contributed by atoms with van der Waals surface area (Å²) in [5.41, 5.74) is 4.22. The zero-order chi connectivity index (χ0) is 21.4. The van der Waals surface area contributed by atoms with Gasteiger partial charge in [-0.2, -0.15) is 0 Å². The summed E-state index contributed by atoms with van der Waals surface area (Å²) in [5.74, 6) is 1.95. The third-order valence-electron chi connectivity index (χ3n) is 5.04. The largest absolute Gasteiger partial charge is 0.493 e. The highest BCUT2D eigenvalue weighted by Crippen LogP contribution is 2.32. The van der Waals surface area contributed by atoms with Crippen molar-refractivity contribution in [3.63, 3.8) is 0 Å². The number of anilines is 1. The summed E-state index contributed by atoms with van der Waals surface area (Å²) in [5, 5.41) is 2.83. The van der Waals surface area contributed by atoms with E-state index < -0.39 is 0 Å². The van der Waals surface area contributed by atoms with Crippen LogP contribution >= 0.6 is 0 Å². The molecule has 0 unspecified atom stereocenters. The van der Waals surface area contributed by atoms with Crippen LogP contribution < -0.4 is 14.8 Å². The quantitative estimate of drug-likeness (QED) is 0.397. The van der Waals surface area contributed by atoms with Gasteiger partial charge < -0.3 is 19.4 Å². The molecule has 1 amide bonds. The molecule has 0 atom stereocenters. The molecule has 0 saturated carbocycles. The van der Waals surface area contributed by atoms with Crippen molar-refractivity contribution < 1.29 is 14.3 Å². The van der Waals surface area contributed by atoms with Gasteiger partial charge in [0.15, 0.2) is 11.5 Å². The van der Waals surface area contributed by atoms with Crippen molar-refractivity contribution in [2.75, 3.05) is 19.5 Å². The van der Waals surface area contributed by atoms with Gasteiger partial charge in [0.25, 0.3) is 5.91 Å². The zero-order valence-corrected chi connectivity index (χ0v) is 16.9. The minimum Gasteiger partial charge on any atom is -0.493 e. The maximum atomic E-state index is 13.0. The van der Waals surface area contributed by atoms with Gasteiger partial charge in [-0.3, -0.25) is 10.1 Å². The number of ether oxygens (including phenoxy) is 2. The maximum absolute atomic E-state index is 13.0. The molecule has 0 aliphatic rings. The van der Waals surface area contributed by atoms with Gasteiger partial charge in [-0.25, -0.2) is 9.97 Å². The van der Waals surface area contributed by atoms with Crippen molar-refractivity contribution in [3.05, 3.63) is 66.2 Å². The van der Waals surface area contributed by atoms with E-state index >= 15 is 0 Å². The summed E-state index contributed by atoms with van der Waals surface area (Å²) in [6.45, 7) is 0. The molecule has 3 N–H and O–H groups in total. The number of amides is 1. The summed E-state index contributed by atoms with van der Waals surface area (Å²) in [6.07, 6.45) is 0. The molecule has 0 saturated heterocycles. The fraction of sp³-hybridized carbons (Fsp3) is 0.0870. The number of nitrogens with zero attached hydrogens (tertiary/aromatic N) is 2. The van der Waals surface area contributed by atoms with Crippen molar-refractivity contribution in [2.24, 2.45) is 0 Å². The number of rotatable bonds is 5.